The third-order valence-electron chi connectivity index (χ3n) is 4.47. The van der Waals surface area contributed by atoms with Gasteiger partial charge in [-0.25, -0.2) is 0 Å². The summed E-state index contributed by atoms with van der Waals surface area (Å²) in [6.07, 6.45) is 5.36. The second-order valence-corrected chi connectivity index (χ2v) is 6.76. The van der Waals surface area contributed by atoms with Crippen LogP contribution in [0.25, 0.3) is 0 Å². The highest BCUT2D eigenvalue weighted by molar-refractivity contribution is 5.15. The van der Waals surface area contributed by atoms with Gasteiger partial charge in [0.25, 0.3) is 0 Å². The number of nitrogens with one attached hydrogen (secondary N) is 1. The van der Waals surface area contributed by atoms with Gasteiger partial charge in [0.2, 0.25) is 0 Å². The number of hydrogen-bond acceptors (Lipinski definition) is 2. The molecular formula is C13H23NO. The van der Waals surface area contributed by atoms with Crippen LogP contribution in [0.3, 0.4) is 0 Å². The number of hydrogen-bond donors (Lipinski definition) is 1. The first-order valence-electron chi connectivity index (χ1n) is 6.42. The molecule has 2 aliphatic carbocycles. The van der Waals surface area contributed by atoms with Crippen molar-refractivity contribution in [2.24, 2.45) is 11.8 Å². The monoisotopic (exact) mass is 209 g/mol. The van der Waals surface area contributed by atoms with Crippen molar-refractivity contribution in [2.45, 2.75) is 63.6 Å². The van der Waals surface area contributed by atoms with E-state index in [0.717, 1.165) is 18.4 Å². The fourth-order valence-corrected chi connectivity index (χ4v) is 4.12. The highest BCUT2D eigenvalue weighted by atomic mass is 16.5. The molecule has 2 bridgehead atoms. The van der Waals surface area contributed by atoms with Crippen LogP contribution in [0, 0.1) is 11.8 Å². The largest absolute Gasteiger partial charge is 0.374 e. The van der Waals surface area contributed by atoms with Crippen LogP contribution < -0.4 is 5.32 Å². The van der Waals surface area contributed by atoms with Crippen molar-refractivity contribution in [3.8, 4) is 0 Å². The SMILES string of the molecule is CC(C)(C)NC1CCCC23CC(CO2)C13. The van der Waals surface area contributed by atoms with Crippen LogP contribution >= 0.6 is 0 Å². The molecule has 2 heterocycles. The highest BCUT2D eigenvalue weighted by Crippen LogP contribution is 2.60. The minimum absolute atomic E-state index is 0.248. The summed E-state index contributed by atoms with van der Waals surface area (Å²) in [5.41, 5.74) is 0.560. The summed E-state index contributed by atoms with van der Waals surface area (Å²) in [6.45, 7) is 7.86. The molecule has 2 heteroatoms. The van der Waals surface area contributed by atoms with Crippen molar-refractivity contribution < 1.29 is 4.74 Å². The summed E-state index contributed by atoms with van der Waals surface area (Å²) in [4.78, 5) is 0. The van der Waals surface area contributed by atoms with Crippen molar-refractivity contribution in [1.82, 2.24) is 5.32 Å². The van der Waals surface area contributed by atoms with E-state index in [1.54, 1.807) is 0 Å². The van der Waals surface area contributed by atoms with Gasteiger partial charge in [0.05, 0.1) is 12.2 Å². The summed E-state index contributed by atoms with van der Waals surface area (Å²) < 4.78 is 6.02. The quantitative estimate of drug-likeness (QED) is 0.715. The fourth-order valence-electron chi connectivity index (χ4n) is 4.12. The number of rotatable bonds is 1. The molecule has 1 N–H and O–H groups in total. The van der Waals surface area contributed by atoms with E-state index in [1.165, 1.54) is 25.7 Å². The lowest BCUT2D eigenvalue weighted by Crippen LogP contribution is -2.62. The maximum atomic E-state index is 6.02. The smallest absolute Gasteiger partial charge is 0.0732 e. The molecule has 15 heavy (non-hydrogen) atoms. The Morgan fingerprint density at radius 1 is 1.33 bits per heavy atom. The van der Waals surface area contributed by atoms with E-state index in [4.69, 9.17) is 4.74 Å². The standard InChI is InChI=1S/C13H23NO/c1-12(2,3)14-10-5-4-6-13-7-9(8-15-13)11(10)13/h9-11,14H,4-8H2,1-3H3. The van der Waals surface area contributed by atoms with Crippen molar-refractivity contribution in [1.29, 1.82) is 0 Å². The molecule has 1 spiro atoms. The Morgan fingerprint density at radius 3 is 2.80 bits per heavy atom. The summed E-state index contributed by atoms with van der Waals surface area (Å²) in [5.74, 6) is 1.69. The molecular weight excluding hydrogens is 186 g/mol. The topological polar surface area (TPSA) is 21.3 Å². The van der Waals surface area contributed by atoms with Crippen LogP contribution in [-0.4, -0.2) is 23.8 Å². The molecule has 4 rings (SSSR count). The molecule has 4 aliphatic rings. The maximum absolute atomic E-state index is 6.02. The minimum atomic E-state index is 0.248. The van der Waals surface area contributed by atoms with Gasteiger partial charge in [-0.05, 0) is 52.4 Å². The average Bonchev–Trinajstić information content (AvgIpc) is 2.57. The number of ether oxygens (including phenoxy) is 1. The van der Waals surface area contributed by atoms with Crippen LogP contribution in [0.1, 0.15) is 46.5 Å². The lowest BCUT2D eigenvalue weighted by molar-refractivity contribution is -0.0959. The van der Waals surface area contributed by atoms with E-state index in [9.17, 15) is 0 Å². The molecule has 2 saturated heterocycles. The normalized spacial score (nSPS) is 48.6. The van der Waals surface area contributed by atoms with E-state index in [2.05, 4.69) is 26.1 Å². The third-order valence-corrected chi connectivity index (χ3v) is 4.47. The van der Waals surface area contributed by atoms with E-state index < -0.39 is 0 Å². The van der Waals surface area contributed by atoms with Gasteiger partial charge in [0, 0.05) is 17.5 Å². The van der Waals surface area contributed by atoms with Gasteiger partial charge in [-0.3, -0.25) is 0 Å². The Kier molecular flexibility index (Phi) is 2.01. The van der Waals surface area contributed by atoms with Gasteiger partial charge in [-0.1, -0.05) is 0 Å². The molecule has 4 atom stereocenters. The van der Waals surface area contributed by atoms with Crippen molar-refractivity contribution in [2.75, 3.05) is 6.61 Å². The van der Waals surface area contributed by atoms with Gasteiger partial charge < -0.3 is 10.1 Å². The molecule has 2 saturated carbocycles. The second-order valence-electron chi connectivity index (χ2n) is 6.76. The van der Waals surface area contributed by atoms with Crippen molar-refractivity contribution >= 4 is 0 Å². The molecule has 4 unspecified atom stereocenters. The fraction of sp³-hybridized carbons (Fsp3) is 1.00. The first kappa shape index (κ1) is 10.1. The highest BCUT2D eigenvalue weighted by Gasteiger charge is 2.64. The molecule has 0 aromatic carbocycles. The van der Waals surface area contributed by atoms with Crippen LogP contribution in [0.4, 0.5) is 0 Å². The van der Waals surface area contributed by atoms with E-state index in [0.29, 0.717) is 11.6 Å². The molecule has 2 aliphatic heterocycles. The van der Waals surface area contributed by atoms with Gasteiger partial charge in [-0.15, -0.1) is 0 Å². The predicted octanol–water partition coefficient (Wildman–Crippen LogP) is 2.33. The molecule has 4 fully saturated rings. The Hall–Kier alpha value is -0.0800. The van der Waals surface area contributed by atoms with Crippen LogP contribution in [0.5, 0.6) is 0 Å². The summed E-state index contributed by atoms with van der Waals surface area (Å²) >= 11 is 0. The summed E-state index contributed by atoms with van der Waals surface area (Å²) in [7, 11) is 0. The number of fused-ring (bicyclic) bond motifs is 1. The Balaban J connectivity index is 1.75. The molecule has 0 amide bonds. The van der Waals surface area contributed by atoms with E-state index in [-0.39, 0.29) is 5.54 Å². The zero-order valence-electron chi connectivity index (χ0n) is 10.2. The molecule has 0 aromatic rings. The van der Waals surface area contributed by atoms with Gasteiger partial charge in [0.15, 0.2) is 0 Å². The molecule has 2 nitrogen and oxygen atoms in total. The van der Waals surface area contributed by atoms with Crippen LogP contribution in [0.15, 0.2) is 0 Å². The van der Waals surface area contributed by atoms with Crippen LogP contribution in [-0.2, 0) is 4.74 Å². The van der Waals surface area contributed by atoms with E-state index in [1.807, 2.05) is 0 Å². The van der Waals surface area contributed by atoms with Gasteiger partial charge in [0.1, 0.15) is 0 Å². The first-order valence-corrected chi connectivity index (χ1v) is 6.42. The third kappa shape index (κ3) is 1.45. The first-order chi connectivity index (χ1) is 7.00. The Labute approximate surface area is 92.8 Å². The van der Waals surface area contributed by atoms with Gasteiger partial charge >= 0.3 is 0 Å². The predicted molar refractivity (Wildman–Crippen MR) is 60.8 cm³/mol. The minimum Gasteiger partial charge on any atom is -0.374 e. The molecule has 0 aromatic heterocycles. The zero-order chi connectivity index (χ0) is 10.7. The van der Waals surface area contributed by atoms with Crippen molar-refractivity contribution in [3.05, 3.63) is 0 Å². The lowest BCUT2D eigenvalue weighted by Gasteiger charge is -2.54. The molecule has 0 radical (unpaired) electrons. The van der Waals surface area contributed by atoms with Crippen LogP contribution in [0.2, 0.25) is 0 Å². The summed E-state index contributed by atoms with van der Waals surface area (Å²) in [5, 5.41) is 3.81. The lowest BCUT2D eigenvalue weighted by atomic mass is 9.56. The zero-order valence-corrected chi connectivity index (χ0v) is 10.2. The van der Waals surface area contributed by atoms with Gasteiger partial charge in [-0.2, -0.15) is 0 Å². The average molecular weight is 209 g/mol. The summed E-state index contributed by atoms with van der Waals surface area (Å²) in [6, 6.07) is 0.708. The molecule has 86 valence electrons. The Morgan fingerprint density at radius 2 is 2.13 bits per heavy atom. The maximum Gasteiger partial charge on any atom is 0.0732 e. The Bertz CT molecular complexity index is 266. The van der Waals surface area contributed by atoms with E-state index >= 15 is 0 Å². The second kappa shape index (κ2) is 2.98. The van der Waals surface area contributed by atoms with Crippen molar-refractivity contribution in [3.63, 3.8) is 0 Å².